The minimum atomic E-state index is 0. The molecule has 3 rings (SSSR count). The minimum absolute atomic E-state index is 0. The molecule has 0 radical (unpaired) electrons. The molecule has 2 fully saturated rings. The van der Waals surface area contributed by atoms with E-state index in [4.69, 9.17) is 10.3 Å². The standard InChI is InChI=1S/C13H21N3O.2ClH/c1-2-10-5-11(17-15-10)6-16-7-12(9-3-4-9)13(14)8-16;;/h5,9,12-13H,2-4,6-8,14H2,1H3;2*1H/t12-,13+;;/m1../s1. The van der Waals surface area contributed by atoms with Crippen LogP contribution >= 0.6 is 24.8 Å². The lowest BCUT2D eigenvalue weighted by Gasteiger charge is -2.13. The molecule has 0 aromatic carbocycles. The highest BCUT2D eigenvalue weighted by Crippen LogP contribution is 2.41. The Morgan fingerprint density at radius 2 is 2.11 bits per heavy atom. The van der Waals surface area contributed by atoms with Crippen molar-refractivity contribution < 1.29 is 4.52 Å². The lowest BCUT2D eigenvalue weighted by molar-refractivity contribution is 0.261. The van der Waals surface area contributed by atoms with Crippen molar-refractivity contribution in [3.63, 3.8) is 0 Å². The van der Waals surface area contributed by atoms with Crippen LogP contribution < -0.4 is 5.73 Å². The fourth-order valence-corrected chi connectivity index (χ4v) is 2.91. The summed E-state index contributed by atoms with van der Waals surface area (Å²) in [6.07, 6.45) is 3.71. The summed E-state index contributed by atoms with van der Waals surface area (Å²) in [5.74, 6) is 2.59. The van der Waals surface area contributed by atoms with Gasteiger partial charge >= 0.3 is 0 Å². The first-order valence-electron chi connectivity index (χ1n) is 6.68. The molecule has 2 atom stereocenters. The lowest BCUT2D eigenvalue weighted by Crippen LogP contribution is -2.30. The van der Waals surface area contributed by atoms with Crippen LogP contribution in [0.4, 0.5) is 0 Å². The second-order valence-corrected chi connectivity index (χ2v) is 5.50. The fourth-order valence-electron chi connectivity index (χ4n) is 2.91. The predicted molar refractivity (Wildman–Crippen MR) is 79.8 cm³/mol. The van der Waals surface area contributed by atoms with E-state index < -0.39 is 0 Å². The van der Waals surface area contributed by atoms with Gasteiger partial charge in [0.25, 0.3) is 0 Å². The third kappa shape index (κ3) is 3.85. The van der Waals surface area contributed by atoms with E-state index in [0.717, 1.165) is 43.4 Å². The van der Waals surface area contributed by atoms with Gasteiger partial charge in [-0.2, -0.15) is 0 Å². The Morgan fingerprint density at radius 3 is 2.68 bits per heavy atom. The molecular formula is C13H23Cl2N3O. The molecule has 1 saturated carbocycles. The number of rotatable bonds is 4. The molecule has 2 heterocycles. The van der Waals surface area contributed by atoms with E-state index in [-0.39, 0.29) is 24.8 Å². The van der Waals surface area contributed by atoms with Gasteiger partial charge in [-0.25, -0.2) is 0 Å². The average Bonchev–Trinajstić information content (AvgIpc) is 2.95. The molecule has 2 N–H and O–H groups in total. The van der Waals surface area contributed by atoms with Gasteiger partial charge in [-0.3, -0.25) is 4.90 Å². The summed E-state index contributed by atoms with van der Waals surface area (Å²) < 4.78 is 5.33. The van der Waals surface area contributed by atoms with Crippen molar-refractivity contribution >= 4 is 24.8 Å². The normalized spacial score (nSPS) is 26.8. The maximum absolute atomic E-state index is 6.21. The Labute approximate surface area is 126 Å². The highest BCUT2D eigenvalue weighted by atomic mass is 35.5. The highest BCUT2D eigenvalue weighted by molar-refractivity contribution is 5.85. The van der Waals surface area contributed by atoms with Gasteiger partial charge in [-0.05, 0) is 31.1 Å². The molecule has 0 spiro atoms. The van der Waals surface area contributed by atoms with Crippen molar-refractivity contribution in [2.75, 3.05) is 13.1 Å². The maximum atomic E-state index is 6.21. The molecule has 0 amide bonds. The van der Waals surface area contributed by atoms with Crippen molar-refractivity contribution in [1.29, 1.82) is 0 Å². The summed E-state index contributed by atoms with van der Waals surface area (Å²) in [5.41, 5.74) is 7.25. The summed E-state index contributed by atoms with van der Waals surface area (Å²) in [5, 5.41) is 4.03. The Hall–Kier alpha value is -0.290. The molecule has 1 aromatic heterocycles. The van der Waals surface area contributed by atoms with Gasteiger partial charge in [-0.1, -0.05) is 12.1 Å². The fraction of sp³-hybridized carbons (Fsp3) is 0.769. The Balaban J connectivity index is 0.000000902. The zero-order valence-corrected chi connectivity index (χ0v) is 12.9. The number of nitrogens with two attached hydrogens (primary N) is 1. The van der Waals surface area contributed by atoms with Gasteiger partial charge in [0, 0.05) is 25.2 Å². The largest absolute Gasteiger partial charge is 0.360 e. The van der Waals surface area contributed by atoms with Crippen LogP contribution in [0.2, 0.25) is 0 Å². The number of likely N-dealkylation sites (tertiary alicyclic amines) is 1. The number of nitrogens with zero attached hydrogens (tertiary/aromatic N) is 2. The molecule has 1 saturated heterocycles. The van der Waals surface area contributed by atoms with Crippen LogP contribution in [0.1, 0.15) is 31.2 Å². The Kier molecular flexibility index (Phi) is 6.12. The van der Waals surface area contributed by atoms with E-state index in [1.165, 1.54) is 12.8 Å². The summed E-state index contributed by atoms with van der Waals surface area (Å²) >= 11 is 0. The van der Waals surface area contributed by atoms with Crippen molar-refractivity contribution in [1.82, 2.24) is 10.1 Å². The van der Waals surface area contributed by atoms with Crippen LogP contribution in [-0.4, -0.2) is 29.2 Å². The summed E-state index contributed by atoms with van der Waals surface area (Å²) in [4.78, 5) is 2.41. The van der Waals surface area contributed by atoms with Crippen LogP contribution in [0, 0.1) is 11.8 Å². The monoisotopic (exact) mass is 307 g/mol. The quantitative estimate of drug-likeness (QED) is 0.927. The van der Waals surface area contributed by atoms with E-state index in [1.54, 1.807) is 0 Å². The zero-order chi connectivity index (χ0) is 11.8. The lowest BCUT2D eigenvalue weighted by atomic mass is 9.99. The topological polar surface area (TPSA) is 55.3 Å². The van der Waals surface area contributed by atoms with Crippen LogP contribution in [0.15, 0.2) is 10.6 Å². The third-order valence-corrected chi connectivity index (χ3v) is 4.06. The molecule has 110 valence electrons. The van der Waals surface area contributed by atoms with Gasteiger partial charge in [0.2, 0.25) is 0 Å². The second kappa shape index (κ2) is 6.93. The molecule has 1 aromatic rings. The van der Waals surface area contributed by atoms with Crippen LogP contribution in [0.3, 0.4) is 0 Å². The molecule has 0 unspecified atom stereocenters. The van der Waals surface area contributed by atoms with Crippen molar-refractivity contribution in [2.45, 2.75) is 38.8 Å². The molecule has 0 bridgehead atoms. The van der Waals surface area contributed by atoms with Gasteiger partial charge in [0.05, 0.1) is 12.2 Å². The number of halogens is 2. The second-order valence-electron chi connectivity index (χ2n) is 5.50. The third-order valence-electron chi connectivity index (χ3n) is 4.06. The van der Waals surface area contributed by atoms with Crippen LogP contribution in [-0.2, 0) is 13.0 Å². The van der Waals surface area contributed by atoms with Gasteiger partial charge in [0.1, 0.15) is 0 Å². The first-order chi connectivity index (χ1) is 8.26. The molecule has 4 nitrogen and oxygen atoms in total. The molecule has 1 aliphatic heterocycles. The van der Waals surface area contributed by atoms with E-state index in [1.807, 2.05) is 0 Å². The predicted octanol–water partition coefficient (Wildman–Crippen LogP) is 2.25. The SMILES string of the molecule is CCc1cc(CN2C[C@H](C3CC3)[C@@H](N)C2)on1.Cl.Cl. The van der Waals surface area contributed by atoms with E-state index >= 15 is 0 Å². The number of hydrogen-bond donors (Lipinski definition) is 1. The van der Waals surface area contributed by atoms with E-state index in [9.17, 15) is 0 Å². The van der Waals surface area contributed by atoms with Crippen molar-refractivity contribution in [3.05, 3.63) is 17.5 Å². The van der Waals surface area contributed by atoms with Crippen molar-refractivity contribution in [3.8, 4) is 0 Å². The summed E-state index contributed by atoms with van der Waals surface area (Å²) in [6.45, 7) is 5.10. The highest BCUT2D eigenvalue weighted by Gasteiger charge is 2.40. The maximum Gasteiger partial charge on any atom is 0.150 e. The van der Waals surface area contributed by atoms with Crippen molar-refractivity contribution in [2.24, 2.45) is 17.6 Å². The molecular weight excluding hydrogens is 285 g/mol. The average molecular weight is 308 g/mol. The first-order valence-corrected chi connectivity index (χ1v) is 6.68. The van der Waals surface area contributed by atoms with Crippen LogP contribution in [0.25, 0.3) is 0 Å². The smallest absolute Gasteiger partial charge is 0.150 e. The number of hydrogen-bond acceptors (Lipinski definition) is 4. The summed E-state index contributed by atoms with van der Waals surface area (Å²) in [6, 6.07) is 2.42. The minimum Gasteiger partial charge on any atom is -0.360 e. The van der Waals surface area contributed by atoms with Gasteiger partial charge in [-0.15, -0.1) is 24.8 Å². The number of aromatic nitrogens is 1. The van der Waals surface area contributed by atoms with Gasteiger partial charge < -0.3 is 10.3 Å². The Bertz CT molecular complexity index is 395. The first kappa shape index (κ1) is 16.8. The number of aryl methyl sites for hydroxylation is 1. The van der Waals surface area contributed by atoms with E-state index in [0.29, 0.717) is 12.0 Å². The molecule has 2 aliphatic rings. The van der Waals surface area contributed by atoms with Crippen LogP contribution in [0.5, 0.6) is 0 Å². The molecule has 19 heavy (non-hydrogen) atoms. The van der Waals surface area contributed by atoms with Gasteiger partial charge in [0.15, 0.2) is 5.76 Å². The van der Waals surface area contributed by atoms with E-state index in [2.05, 4.69) is 23.0 Å². The molecule has 6 heteroatoms. The summed E-state index contributed by atoms with van der Waals surface area (Å²) in [7, 11) is 0. The Morgan fingerprint density at radius 1 is 1.37 bits per heavy atom. The zero-order valence-electron chi connectivity index (χ0n) is 11.2. The molecule has 1 aliphatic carbocycles.